The van der Waals surface area contributed by atoms with E-state index in [1.54, 1.807) is 6.20 Å². The van der Waals surface area contributed by atoms with E-state index in [2.05, 4.69) is 4.98 Å². The maximum Gasteiger partial charge on any atom is 0.128 e. The van der Waals surface area contributed by atoms with Gasteiger partial charge in [0.25, 0.3) is 0 Å². The van der Waals surface area contributed by atoms with Gasteiger partial charge >= 0.3 is 0 Å². The van der Waals surface area contributed by atoms with Crippen LogP contribution >= 0.6 is 0 Å². The molecule has 0 aliphatic carbocycles. The van der Waals surface area contributed by atoms with Gasteiger partial charge in [0.1, 0.15) is 11.6 Å². The maximum absolute atomic E-state index is 13.8. The lowest BCUT2D eigenvalue weighted by Crippen LogP contribution is -2.10. The van der Waals surface area contributed by atoms with Crippen LogP contribution in [0, 0.1) is 5.82 Å². The molecule has 1 heterocycles. The van der Waals surface area contributed by atoms with E-state index >= 15 is 0 Å². The predicted octanol–water partition coefficient (Wildman–Crippen LogP) is 4.69. The van der Waals surface area contributed by atoms with E-state index < -0.39 is 0 Å². The van der Waals surface area contributed by atoms with Gasteiger partial charge in [0.05, 0.1) is 0 Å². The molecule has 120 valence electrons. The smallest absolute Gasteiger partial charge is 0.128 e. The van der Waals surface area contributed by atoms with Gasteiger partial charge in [0.15, 0.2) is 0 Å². The van der Waals surface area contributed by atoms with Crippen molar-refractivity contribution in [3.05, 3.63) is 41.8 Å². The first-order chi connectivity index (χ1) is 10.4. The first-order valence-electron chi connectivity index (χ1n) is 7.62. The van der Waals surface area contributed by atoms with Crippen LogP contribution in [0.25, 0.3) is 11.1 Å². The number of hydrogen-bond acceptors (Lipinski definition) is 3. The van der Waals surface area contributed by atoms with Crippen LogP contribution in [0.4, 0.5) is 15.9 Å². The van der Waals surface area contributed by atoms with E-state index in [1.165, 1.54) is 12.1 Å². The fraction of sp³-hybridized carbons (Fsp3) is 0.389. The molecule has 22 heavy (non-hydrogen) atoms. The summed E-state index contributed by atoms with van der Waals surface area (Å²) < 4.78 is 13.8. The Labute approximate surface area is 133 Å². The number of rotatable bonds is 3. The number of benzene rings is 1. The van der Waals surface area contributed by atoms with Crippen molar-refractivity contribution >= 4 is 11.5 Å². The first-order valence-corrected chi connectivity index (χ1v) is 7.62. The molecule has 4 heteroatoms. The predicted molar refractivity (Wildman–Crippen MR) is 93.8 cm³/mol. The zero-order valence-electron chi connectivity index (χ0n) is 14.3. The van der Waals surface area contributed by atoms with Crippen LogP contribution in [0.1, 0.15) is 39.2 Å². The molecule has 1 aromatic carbocycles. The minimum Gasteiger partial charge on any atom is -0.398 e. The Morgan fingerprint density at radius 3 is 2.32 bits per heavy atom. The normalized spacial score (nSPS) is 10.2. The molecule has 0 atom stereocenters. The van der Waals surface area contributed by atoms with Gasteiger partial charge in [0.2, 0.25) is 0 Å². The molecule has 3 nitrogen and oxygen atoms in total. The van der Waals surface area contributed by atoms with Crippen molar-refractivity contribution in [3.63, 3.8) is 0 Å². The topological polar surface area (TPSA) is 42.2 Å². The SMILES string of the molecule is CC.CC(C)c1cc(F)cc(-c2ccnc(N(C)C)c2)c1N. The summed E-state index contributed by atoms with van der Waals surface area (Å²) in [7, 11) is 3.83. The van der Waals surface area contributed by atoms with E-state index in [1.807, 2.05) is 58.8 Å². The molecule has 0 aliphatic heterocycles. The highest BCUT2D eigenvalue weighted by atomic mass is 19.1. The fourth-order valence-corrected chi connectivity index (χ4v) is 2.19. The largest absolute Gasteiger partial charge is 0.398 e. The molecule has 1 aromatic heterocycles. The van der Waals surface area contributed by atoms with Crippen molar-refractivity contribution in [2.45, 2.75) is 33.6 Å². The molecular formula is C18H26FN3. The van der Waals surface area contributed by atoms with Gasteiger partial charge in [-0.25, -0.2) is 9.37 Å². The Bertz CT molecular complexity index is 622. The molecule has 0 saturated carbocycles. The minimum absolute atomic E-state index is 0.180. The standard InChI is InChI=1S/C16H20FN3.C2H6/c1-10(2)13-8-12(17)9-14(16(13)18)11-5-6-19-15(7-11)20(3)4;1-2/h5-10H,18H2,1-4H3;1-2H3. The van der Waals surface area contributed by atoms with Gasteiger partial charge in [0, 0.05) is 31.5 Å². The van der Waals surface area contributed by atoms with Crippen LogP contribution in [0.2, 0.25) is 0 Å². The highest BCUT2D eigenvalue weighted by Crippen LogP contribution is 2.34. The van der Waals surface area contributed by atoms with Crippen LogP contribution in [-0.4, -0.2) is 19.1 Å². The Morgan fingerprint density at radius 1 is 1.14 bits per heavy atom. The summed E-state index contributed by atoms with van der Waals surface area (Å²) in [4.78, 5) is 6.17. The van der Waals surface area contributed by atoms with Crippen molar-refractivity contribution in [1.29, 1.82) is 0 Å². The lowest BCUT2D eigenvalue weighted by Gasteiger charge is -2.16. The number of nitrogen functional groups attached to an aromatic ring is 1. The summed E-state index contributed by atoms with van der Waals surface area (Å²) in [6.45, 7) is 8.01. The quantitative estimate of drug-likeness (QED) is 0.837. The third-order valence-electron chi connectivity index (χ3n) is 3.31. The van der Waals surface area contributed by atoms with Gasteiger partial charge in [-0.3, -0.25) is 0 Å². The highest BCUT2D eigenvalue weighted by molar-refractivity contribution is 5.80. The molecule has 0 saturated heterocycles. The summed E-state index contributed by atoms with van der Waals surface area (Å²) in [5.41, 5.74) is 9.28. The van der Waals surface area contributed by atoms with Gasteiger partial charge in [-0.05, 0) is 41.3 Å². The average molecular weight is 303 g/mol. The monoisotopic (exact) mass is 303 g/mol. The van der Waals surface area contributed by atoms with Gasteiger partial charge in [-0.15, -0.1) is 0 Å². The zero-order chi connectivity index (χ0) is 16.9. The molecule has 2 rings (SSSR count). The second-order valence-corrected chi connectivity index (χ2v) is 5.41. The summed E-state index contributed by atoms with van der Waals surface area (Å²) in [6, 6.07) is 6.75. The number of aromatic nitrogens is 1. The number of hydrogen-bond donors (Lipinski definition) is 1. The van der Waals surface area contributed by atoms with E-state index in [9.17, 15) is 4.39 Å². The van der Waals surface area contributed by atoms with E-state index in [4.69, 9.17) is 5.73 Å². The van der Waals surface area contributed by atoms with Crippen LogP contribution in [0.3, 0.4) is 0 Å². The second kappa shape index (κ2) is 7.78. The Hall–Kier alpha value is -2.10. The fourth-order valence-electron chi connectivity index (χ4n) is 2.19. The van der Waals surface area contributed by atoms with Gasteiger partial charge < -0.3 is 10.6 Å². The van der Waals surface area contributed by atoms with Crippen LogP contribution in [0.15, 0.2) is 30.5 Å². The number of anilines is 2. The lowest BCUT2D eigenvalue weighted by molar-refractivity contribution is 0.624. The van der Waals surface area contributed by atoms with E-state index in [0.29, 0.717) is 5.69 Å². The molecule has 0 fully saturated rings. The Kier molecular flexibility index (Phi) is 6.35. The third kappa shape index (κ3) is 3.97. The molecule has 0 amide bonds. The number of halogens is 1. The molecule has 0 spiro atoms. The zero-order valence-corrected chi connectivity index (χ0v) is 14.3. The van der Waals surface area contributed by atoms with Crippen LogP contribution in [0.5, 0.6) is 0 Å². The first kappa shape index (κ1) is 18.0. The third-order valence-corrected chi connectivity index (χ3v) is 3.31. The molecule has 0 bridgehead atoms. The summed E-state index contributed by atoms with van der Waals surface area (Å²) >= 11 is 0. The molecule has 2 aromatic rings. The van der Waals surface area contributed by atoms with E-state index in [0.717, 1.165) is 22.5 Å². The number of nitrogens with two attached hydrogens (primary N) is 1. The summed E-state index contributed by atoms with van der Waals surface area (Å²) in [6.07, 6.45) is 1.71. The van der Waals surface area contributed by atoms with E-state index in [-0.39, 0.29) is 11.7 Å². The van der Waals surface area contributed by atoms with Gasteiger partial charge in [-0.2, -0.15) is 0 Å². The van der Waals surface area contributed by atoms with Crippen molar-refractivity contribution in [3.8, 4) is 11.1 Å². The second-order valence-electron chi connectivity index (χ2n) is 5.41. The summed E-state index contributed by atoms with van der Waals surface area (Å²) in [5.74, 6) is 0.734. The molecule has 0 aliphatic rings. The highest BCUT2D eigenvalue weighted by Gasteiger charge is 2.13. The van der Waals surface area contributed by atoms with Crippen molar-refractivity contribution in [2.75, 3.05) is 24.7 Å². The van der Waals surface area contributed by atoms with Crippen molar-refractivity contribution < 1.29 is 4.39 Å². The molecule has 0 radical (unpaired) electrons. The van der Waals surface area contributed by atoms with Crippen molar-refractivity contribution in [1.82, 2.24) is 4.98 Å². The molecular weight excluding hydrogens is 277 g/mol. The Balaban J connectivity index is 0.00000116. The van der Waals surface area contributed by atoms with Crippen molar-refractivity contribution in [2.24, 2.45) is 0 Å². The lowest BCUT2D eigenvalue weighted by atomic mass is 9.94. The van der Waals surface area contributed by atoms with Gasteiger partial charge in [-0.1, -0.05) is 27.7 Å². The van der Waals surface area contributed by atoms with Crippen LogP contribution < -0.4 is 10.6 Å². The minimum atomic E-state index is -0.263. The number of nitrogens with zero attached hydrogens (tertiary/aromatic N) is 2. The maximum atomic E-state index is 13.8. The summed E-state index contributed by atoms with van der Waals surface area (Å²) in [5, 5.41) is 0. The molecule has 2 N–H and O–H groups in total. The average Bonchev–Trinajstić information content (AvgIpc) is 2.51. The van der Waals surface area contributed by atoms with Crippen LogP contribution in [-0.2, 0) is 0 Å². The Morgan fingerprint density at radius 2 is 1.77 bits per heavy atom. The number of pyridine rings is 1. The molecule has 0 unspecified atom stereocenters.